The average molecular weight is 275 g/mol. The van der Waals surface area contributed by atoms with Crippen LogP contribution in [0.1, 0.15) is 24.0 Å². The molecule has 2 heterocycles. The SMILES string of the molecule is c1ccc(C2=NC3CCCN=C3Nc3ccccc32)cc1. The Hall–Kier alpha value is -2.42. The van der Waals surface area contributed by atoms with E-state index in [1.807, 2.05) is 6.07 Å². The second-order valence-electron chi connectivity index (χ2n) is 5.44. The summed E-state index contributed by atoms with van der Waals surface area (Å²) in [7, 11) is 0. The maximum absolute atomic E-state index is 5.03. The van der Waals surface area contributed by atoms with Gasteiger partial charge in [-0.25, -0.2) is 0 Å². The molecule has 0 amide bonds. The van der Waals surface area contributed by atoms with E-state index >= 15 is 0 Å². The molecule has 2 aromatic carbocycles. The molecule has 2 aliphatic heterocycles. The molecule has 3 nitrogen and oxygen atoms in total. The van der Waals surface area contributed by atoms with Crippen LogP contribution in [0.15, 0.2) is 64.6 Å². The third-order valence-corrected chi connectivity index (χ3v) is 4.01. The highest BCUT2D eigenvalue weighted by Crippen LogP contribution is 2.26. The average Bonchev–Trinajstić information content (AvgIpc) is 2.72. The number of benzene rings is 2. The molecular formula is C18H17N3. The van der Waals surface area contributed by atoms with Crippen molar-refractivity contribution in [1.82, 2.24) is 0 Å². The molecule has 1 unspecified atom stereocenters. The number of amidine groups is 1. The molecule has 104 valence electrons. The highest BCUT2D eigenvalue weighted by Gasteiger charge is 2.25. The molecule has 4 rings (SSSR count). The second-order valence-corrected chi connectivity index (χ2v) is 5.44. The second kappa shape index (κ2) is 5.17. The summed E-state index contributed by atoms with van der Waals surface area (Å²) < 4.78 is 0. The van der Waals surface area contributed by atoms with Crippen LogP contribution < -0.4 is 5.32 Å². The normalized spacial score (nSPS) is 20.3. The molecule has 0 spiro atoms. The molecule has 0 aromatic heterocycles. The number of nitrogens with zero attached hydrogens (tertiary/aromatic N) is 2. The lowest BCUT2D eigenvalue weighted by Gasteiger charge is -2.19. The van der Waals surface area contributed by atoms with E-state index in [2.05, 4.69) is 58.8 Å². The number of hydrogen-bond donors (Lipinski definition) is 1. The smallest absolute Gasteiger partial charge is 0.126 e. The molecule has 0 fully saturated rings. The summed E-state index contributed by atoms with van der Waals surface area (Å²) >= 11 is 0. The summed E-state index contributed by atoms with van der Waals surface area (Å²) in [5, 5.41) is 3.50. The Kier molecular flexibility index (Phi) is 3.03. The monoisotopic (exact) mass is 275 g/mol. The van der Waals surface area contributed by atoms with Crippen molar-refractivity contribution >= 4 is 17.2 Å². The van der Waals surface area contributed by atoms with E-state index in [1.165, 1.54) is 5.56 Å². The predicted molar refractivity (Wildman–Crippen MR) is 87.5 cm³/mol. The van der Waals surface area contributed by atoms with Crippen molar-refractivity contribution in [3.63, 3.8) is 0 Å². The fourth-order valence-electron chi connectivity index (χ4n) is 2.96. The molecule has 0 saturated heterocycles. The Bertz CT molecular complexity index is 716. The van der Waals surface area contributed by atoms with Crippen molar-refractivity contribution in [1.29, 1.82) is 0 Å². The maximum atomic E-state index is 5.03. The van der Waals surface area contributed by atoms with Crippen molar-refractivity contribution in [3.05, 3.63) is 65.7 Å². The van der Waals surface area contributed by atoms with Crippen molar-refractivity contribution in [2.45, 2.75) is 18.9 Å². The zero-order valence-electron chi connectivity index (χ0n) is 11.8. The Morgan fingerprint density at radius 3 is 2.67 bits per heavy atom. The van der Waals surface area contributed by atoms with Gasteiger partial charge >= 0.3 is 0 Å². The summed E-state index contributed by atoms with van der Waals surface area (Å²) in [6.07, 6.45) is 2.17. The van der Waals surface area contributed by atoms with Crippen molar-refractivity contribution in [2.24, 2.45) is 9.98 Å². The third-order valence-electron chi connectivity index (χ3n) is 4.01. The van der Waals surface area contributed by atoms with Gasteiger partial charge in [-0.3, -0.25) is 9.98 Å². The van der Waals surface area contributed by atoms with E-state index in [-0.39, 0.29) is 6.04 Å². The minimum absolute atomic E-state index is 0.154. The molecule has 1 atom stereocenters. The van der Waals surface area contributed by atoms with Crippen LogP contribution in [0.2, 0.25) is 0 Å². The highest BCUT2D eigenvalue weighted by molar-refractivity contribution is 6.20. The van der Waals surface area contributed by atoms with Gasteiger partial charge in [0.05, 0.1) is 5.71 Å². The van der Waals surface area contributed by atoms with E-state index in [1.54, 1.807) is 0 Å². The molecule has 0 saturated carbocycles. The fraction of sp³-hybridized carbons (Fsp3) is 0.222. The topological polar surface area (TPSA) is 36.8 Å². The highest BCUT2D eigenvalue weighted by atomic mass is 15.1. The van der Waals surface area contributed by atoms with Crippen LogP contribution in [0.5, 0.6) is 0 Å². The van der Waals surface area contributed by atoms with Crippen LogP contribution in [-0.2, 0) is 0 Å². The van der Waals surface area contributed by atoms with Crippen LogP contribution in [0.4, 0.5) is 5.69 Å². The first-order valence-electron chi connectivity index (χ1n) is 7.46. The third kappa shape index (κ3) is 2.25. The van der Waals surface area contributed by atoms with Crippen molar-refractivity contribution in [2.75, 3.05) is 11.9 Å². The minimum Gasteiger partial charge on any atom is -0.342 e. The van der Waals surface area contributed by atoms with Crippen LogP contribution >= 0.6 is 0 Å². The first-order chi connectivity index (χ1) is 10.4. The molecule has 1 N–H and O–H groups in total. The molecule has 0 aliphatic carbocycles. The zero-order chi connectivity index (χ0) is 14.1. The van der Waals surface area contributed by atoms with Crippen LogP contribution in [-0.4, -0.2) is 24.1 Å². The minimum atomic E-state index is 0.154. The molecular weight excluding hydrogens is 258 g/mol. The lowest BCUT2D eigenvalue weighted by Crippen LogP contribution is -2.29. The van der Waals surface area contributed by atoms with Crippen LogP contribution in [0.3, 0.4) is 0 Å². The van der Waals surface area contributed by atoms with Gasteiger partial charge in [-0.1, -0.05) is 48.5 Å². The molecule has 2 aliphatic rings. The molecule has 21 heavy (non-hydrogen) atoms. The van der Waals surface area contributed by atoms with Gasteiger partial charge in [0.2, 0.25) is 0 Å². The van der Waals surface area contributed by atoms with E-state index < -0.39 is 0 Å². The van der Waals surface area contributed by atoms with Crippen molar-refractivity contribution < 1.29 is 0 Å². The number of nitrogens with one attached hydrogen (secondary N) is 1. The molecule has 2 aromatic rings. The van der Waals surface area contributed by atoms with Crippen LogP contribution in [0.25, 0.3) is 0 Å². The van der Waals surface area contributed by atoms with Gasteiger partial charge in [-0.05, 0) is 18.9 Å². The van der Waals surface area contributed by atoms with Gasteiger partial charge < -0.3 is 5.32 Å². The number of aliphatic imine (C=N–C) groups is 2. The summed E-state index contributed by atoms with van der Waals surface area (Å²) in [6, 6.07) is 18.9. The van der Waals surface area contributed by atoms with Gasteiger partial charge in [-0.2, -0.15) is 0 Å². The Morgan fingerprint density at radius 2 is 1.76 bits per heavy atom. The van der Waals surface area contributed by atoms with Gasteiger partial charge in [-0.15, -0.1) is 0 Å². The fourth-order valence-corrected chi connectivity index (χ4v) is 2.96. The first-order valence-corrected chi connectivity index (χ1v) is 7.46. The van der Waals surface area contributed by atoms with E-state index in [9.17, 15) is 0 Å². The molecule has 3 heteroatoms. The molecule has 0 radical (unpaired) electrons. The largest absolute Gasteiger partial charge is 0.342 e. The number of para-hydroxylation sites is 1. The Morgan fingerprint density at radius 1 is 0.952 bits per heavy atom. The van der Waals surface area contributed by atoms with Gasteiger partial charge in [0, 0.05) is 23.4 Å². The number of anilines is 1. The lowest BCUT2D eigenvalue weighted by atomic mass is 10.0. The number of hydrogen-bond acceptors (Lipinski definition) is 3. The van der Waals surface area contributed by atoms with Gasteiger partial charge in [0.25, 0.3) is 0 Å². The summed E-state index contributed by atoms with van der Waals surface area (Å²) in [6.45, 7) is 0.900. The number of rotatable bonds is 1. The summed E-state index contributed by atoms with van der Waals surface area (Å²) in [5.41, 5.74) is 4.48. The van der Waals surface area contributed by atoms with Gasteiger partial charge in [0.15, 0.2) is 0 Å². The maximum Gasteiger partial charge on any atom is 0.126 e. The quantitative estimate of drug-likeness (QED) is 0.849. The zero-order valence-corrected chi connectivity index (χ0v) is 11.8. The standard InChI is InChI=1S/C18H17N3/c1-2-7-13(8-3-1)17-14-9-4-5-10-15(14)21-18-16(20-17)11-6-12-19-18/h1-5,7-10,16H,6,11-12H2,(H,19,21). The lowest BCUT2D eigenvalue weighted by molar-refractivity contribution is 0.665. The number of fused-ring (bicyclic) bond motifs is 2. The first kappa shape index (κ1) is 12.3. The Labute approximate surface area is 124 Å². The van der Waals surface area contributed by atoms with Crippen molar-refractivity contribution in [3.8, 4) is 0 Å². The van der Waals surface area contributed by atoms with E-state index in [4.69, 9.17) is 4.99 Å². The van der Waals surface area contributed by atoms with E-state index in [0.29, 0.717) is 0 Å². The Balaban J connectivity index is 1.91. The van der Waals surface area contributed by atoms with E-state index in [0.717, 1.165) is 42.2 Å². The van der Waals surface area contributed by atoms with Gasteiger partial charge in [0.1, 0.15) is 11.9 Å². The predicted octanol–water partition coefficient (Wildman–Crippen LogP) is 3.51. The summed E-state index contributed by atoms with van der Waals surface area (Å²) in [4.78, 5) is 9.67. The van der Waals surface area contributed by atoms with Crippen LogP contribution in [0, 0.1) is 0 Å². The molecule has 0 bridgehead atoms. The summed E-state index contributed by atoms with van der Waals surface area (Å²) in [5.74, 6) is 1.01.